The van der Waals surface area contributed by atoms with Crippen molar-refractivity contribution in [2.24, 2.45) is 0 Å². The van der Waals surface area contributed by atoms with Gasteiger partial charge in [-0.25, -0.2) is 0 Å². The molecular formula is C15H19N3O4. The van der Waals surface area contributed by atoms with E-state index in [9.17, 15) is 4.79 Å². The van der Waals surface area contributed by atoms with Gasteiger partial charge < -0.3 is 25.2 Å². The Kier molecular flexibility index (Phi) is 7.47. The van der Waals surface area contributed by atoms with Gasteiger partial charge in [0.15, 0.2) is 0 Å². The van der Waals surface area contributed by atoms with Crippen molar-refractivity contribution in [1.29, 1.82) is 5.26 Å². The zero-order valence-corrected chi connectivity index (χ0v) is 12.3. The molecule has 0 aromatic heterocycles. The molecule has 22 heavy (non-hydrogen) atoms. The van der Waals surface area contributed by atoms with Crippen LogP contribution in [-0.2, 0) is 4.79 Å². The fourth-order valence-electron chi connectivity index (χ4n) is 1.74. The minimum absolute atomic E-state index is 0.0531. The summed E-state index contributed by atoms with van der Waals surface area (Å²) in [6.07, 6.45) is 1.29. The van der Waals surface area contributed by atoms with Crippen LogP contribution in [0.3, 0.4) is 0 Å². The number of carbonyl (C=O) groups excluding carboxylic acids is 1. The number of aliphatic hydroxyl groups excluding tert-OH is 2. The topological polar surface area (TPSA) is 106 Å². The number of aliphatic hydroxyl groups is 2. The van der Waals surface area contributed by atoms with Crippen LogP contribution in [0.25, 0.3) is 0 Å². The second-order valence-electron chi connectivity index (χ2n) is 4.29. The summed E-state index contributed by atoms with van der Waals surface area (Å²) in [5.74, 6) is 0.0893. The van der Waals surface area contributed by atoms with Crippen molar-refractivity contribution < 1.29 is 19.7 Å². The van der Waals surface area contributed by atoms with Gasteiger partial charge >= 0.3 is 0 Å². The number of amides is 1. The fraction of sp³-hybridized carbons (Fsp3) is 0.333. The van der Waals surface area contributed by atoms with Crippen molar-refractivity contribution in [1.82, 2.24) is 4.90 Å². The van der Waals surface area contributed by atoms with Crippen molar-refractivity contribution in [2.45, 2.75) is 0 Å². The molecule has 118 valence electrons. The van der Waals surface area contributed by atoms with Crippen LogP contribution in [0.15, 0.2) is 36.0 Å². The third-order valence-electron chi connectivity index (χ3n) is 2.83. The van der Waals surface area contributed by atoms with Gasteiger partial charge in [0.05, 0.1) is 20.3 Å². The van der Waals surface area contributed by atoms with Crippen molar-refractivity contribution in [3.05, 3.63) is 36.0 Å². The van der Waals surface area contributed by atoms with Gasteiger partial charge in [-0.2, -0.15) is 5.26 Å². The van der Waals surface area contributed by atoms with Gasteiger partial charge in [-0.1, -0.05) is 6.07 Å². The van der Waals surface area contributed by atoms with E-state index in [4.69, 9.17) is 20.2 Å². The highest BCUT2D eigenvalue weighted by Crippen LogP contribution is 2.17. The molecular weight excluding hydrogens is 286 g/mol. The molecule has 1 aromatic rings. The van der Waals surface area contributed by atoms with Crippen LogP contribution in [-0.4, -0.2) is 54.4 Å². The molecule has 3 N–H and O–H groups in total. The Bertz CT molecular complexity index is 560. The standard InChI is InChI=1S/C15H19N3O4/c1-22-14-4-2-3-13(9-14)17-11-12(10-16)15(21)18(5-7-19)6-8-20/h2-4,9,11,17,19-20H,5-8H2,1H3/b12-11-. The maximum Gasteiger partial charge on any atom is 0.266 e. The Hall–Kier alpha value is -2.56. The van der Waals surface area contributed by atoms with Gasteiger partial charge in [0, 0.05) is 31.0 Å². The Morgan fingerprint density at radius 1 is 1.41 bits per heavy atom. The van der Waals surface area contributed by atoms with E-state index in [0.717, 1.165) is 0 Å². The summed E-state index contributed by atoms with van der Waals surface area (Å²) in [5.41, 5.74) is 0.542. The smallest absolute Gasteiger partial charge is 0.266 e. The van der Waals surface area contributed by atoms with Crippen LogP contribution in [0, 0.1) is 11.3 Å². The van der Waals surface area contributed by atoms with Crippen LogP contribution in [0.5, 0.6) is 5.75 Å². The summed E-state index contributed by atoms with van der Waals surface area (Å²) in [4.78, 5) is 13.4. The molecule has 0 saturated carbocycles. The predicted molar refractivity (Wildman–Crippen MR) is 81.1 cm³/mol. The van der Waals surface area contributed by atoms with Crippen LogP contribution in [0.2, 0.25) is 0 Å². The predicted octanol–water partition coefficient (Wildman–Crippen LogP) is 0.328. The van der Waals surface area contributed by atoms with E-state index in [1.165, 1.54) is 11.1 Å². The van der Waals surface area contributed by atoms with E-state index < -0.39 is 5.91 Å². The van der Waals surface area contributed by atoms with Crippen molar-refractivity contribution in [3.8, 4) is 11.8 Å². The van der Waals surface area contributed by atoms with Crippen molar-refractivity contribution in [2.75, 3.05) is 38.7 Å². The molecule has 0 heterocycles. The number of nitriles is 1. The summed E-state index contributed by atoms with van der Waals surface area (Å²) >= 11 is 0. The molecule has 0 aliphatic heterocycles. The van der Waals surface area contributed by atoms with Crippen LogP contribution >= 0.6 is 0 Å². The fourth-order valence-corrected chi connectivity index (χ4v) is 1.74. The summed E-state index contributed by atoms with van der Waals surface area (Å²) in [6.45, 7) is -0.378. The molecule has 0 aliphatic rings. The van der Waals surface area contributed by atoms with E-state index in [-0.39, 0.29) is 31.9 Å². The third kappa shape index (κ3) is 5.09. The maximum atomic E-state index is 12.1. The Morgan fingerprint density at radius 2 is 2.09 bits per heavy atom. The van der Waals surface area contributed by atoms with Crippen molar-refractivity contribution >= 4 is 11.6 Å². The quantitative estimate of drug-likeness (QED) is 0.472. The van der Waals surface area contributed by atoms with Gasteiger partial charge in [0.2, 0.25) is 0 Å². The average Bonchev–Trinajstić information content (AvgIpc) is 2.55. The molecule has 0 radical (unpaired) electrons. The lowest BCUT2D eigenvalue weighted by Gasteiger charge is -2.20. The molecule has 0 bridgehead atoms. The zero-order valence-electron chi connectivity index (χ0n) is 12.3. The number of anilines is 1. The molecule has 0 spiro atoms. The lowest BCUT2D eigenvalue weighted by atomic mass is 10.2. The Labute approximate surface area is 129 Å². The second-order valence-corrected chi connectivity index (χ2v) is 4.29. The molecule has 1 rings (SSSR count). The van der Waals surface area contributed by atoms with E-state index >= 15 is 0 Å². The van der Waals surface area contributed by atoms with Gasteiger partial charge in [-0.15, -0.1) is 0 Å². The molecule has 0 saturated heterocycles. The Morgan fingerprint density at radius 3 is 2.64 bits per heavy atom. The first-order valence-corrected chi connectivity index (χ1v) is 6.68. The number of methoxy groups -OCH3 is 1. The number of nitrogens with one attached hydrogen (secondary N) is 1. The Balaban J connectivity index is 2.84. The number of rotatable bonds is 8. The summed E-state index contributed by atoms with van der Waals surface area (Å²) in [5, 5.41) is 29.8. The van der Waals surface area contributed by atoms with Crippen LogP contribution < -0.4 is 10.1 Å². The first kappa shape index (κ1) is 17.5. The molecule has 7 nitrogen and oxygen atoms in total. The first-order chi connectivity index (χ1) is 10.7. The van der Waals surface area contributed by atoms with E-state index in [1.807, 2.05) is 6.07 Å². The van der Waals surface area contributed by atoms with E-state index in [2.05, 4.69) is 5.32 Å². The van der Waals surface area contributed by atoms with Gasteiger partial charge in [0.1, 0.15) is 17.4 Å². The monoisotopic (exact) mass is 305 g/mol. The largest absolute Gasteiger partial charge is 0.497 e. The highest BCUT2D eigenvalue weighted by Gasteiger charge is 2.17. The number of hydrogen-bond donors (Lipinski definition) is 3. The van der Waals surface area contributed by atoms with E-state index in [1.54, 1.807) is 31.4 Å². The highest BCUT2D eigenvalue weighted by molar-refractivity contribution is 5.97. The molecule has 1 aromatic carbocycles. The number of carbonyl (C=O) groups is 1. The maximum absolute atomic E-state index is 12.1. The SMILES string of the molecule is COc1cccc(N/C=C(/C#N)C(=O)N(CCO)CCO)c1. The molecule has 0 aliphatic carbocycles. The normalized spacial score (nSPS) is 10.7. The molecule has 0 unspecified atom stereocenters. The third-order valence-corrected chi connectivity index (χ3v) is 2.83. The number of hydrogen-bond acceptors (Lipinski definition) is 6. The number of nitrogens with zero attached hydrogens (tertiary/aromatic N) is 2. The zero-order chi connectivity index (χ0) is 16.4. The first-order valence-electron chi connectivity index (χ1n) is 6.68. The van der Waals surface area contributed by atoms with Gasteiger partial charge in [-0.05, 0) is 12.1 Å². The highest BCUT2D eigenvalue weighted by atomic mass is 16.5. The lowest BCUT2D eigenvalue weighted by molar-refractivity contribution is -0.127. The molecule has 0 atom stereocenters. The lowest BCUT2D eigenvalue weighted by Crippen LogP contribution is -2.36. The number of benzene rings is 1. The summed E-state index contributed by atoms with van der Waals surface area (Å²) < 4.78 is 5.08. The van der Waals surface area contributed by atoms with Gasteiger partial charge in [0.25, 0.3) is 5.91 Å². The average molecular weight is 305 g/mol. The van der Waals surface area contributed by atoms with Crippen LogP contribution in [0.1, 0.15) is 0 Å². The minimum atomic E-state index is -0.555. The van der Waals surface area contributed by atoms with Crippen molar-refractivity contribution in [3.63, 3.8) is 0 Å². The summed E-state index contributed by atoms with van der Waals surface area (Å²) in [7, 11) is 1.54. The van der Waals surface area contributed by atoms with E-state index in [0.29, 0.717) is 11.4 Å². The molecule has 1 amide bonds. The van der Waals surface area contributed by atoms with Crippen LogP contribution in [0.4, 0.5) is 5.69 Å². The summed E-state index contributed by atoms with van der Waals surface area (Å²) in [6, 6.07) is 8.83. The minimum Gasteiger partial charge on any atom is -0.497 e. The molecule has 0 fully saturated rings. The second kappa shape index (κ2) is 9.39. The molecule has 7 heteroatoms. The number of ether oxygens (including phenoxy) is 1. The van der Waals surface area contributed by atoms with Gasteiger partial charge in [-0.3, -0.25) is 4.79 Å².